The summed E-state index contributed by atoms with van der Waals surface area (Å²) in [6.07, 6.45) is 7.68. The number of aromatic nitrogens is 2. The molecule has 0 spiro atoms. The highest BCUT2D eigenvalue weighted by atomic mass is 16.2. The number of anilines is 1. The summed E-state index contributed by atoms with van der Waals surface area (Å²) in [6.45, 7) is 5.45. The number of amides is 3. The minimum atomic E-state index is -0.284. The largest absolute Gasteiger partial charge is 0.339 e. The Bertz CT molecular complexity index is 803. The zero-order valence-electron chi connectivity index (χ0n) is 15.7. The van der Waals surface area contributed by atoms with Crippen LogP contribution in [0.5, 0.6) is 0 Å². The Morgan fingerprint density at radius 2 is 2.00 bits per heavy atom. The molecule has 3 amide bonds. The van der Waals surface area contributed by atoms with Gasteiger partial charge in [0.05, 0.1) is 5.69 Å². The first kappa shape index (κ1) is 18.8. The van der Waals surface area contributed by atoms with E-state index in [2.05, 4.69) is 20.6 Å². The normalized spacial score (nSPS) is 14.7. The van der Waals surface area contributed by atoms with E-state index in [0.717, 1.165) is 37.2 Å². The van der Waals surface area contributed by atoms with Gasteiger partial charge in [0.25, 0.3) is 5.91 Å². The number of benzene rings is 1. The summed E-state index contributed by atoms with van der Waals surface area (Å²) in [6, 6.07) is 5.02. The fourth-order valence-corrected chi connectivity index (χ4v) is 3.22. The number of nitrogens with one attached hydrogen (secondary N) is 2. The Kier molecular flexibility index (Phi) is 6.01. The van der Waals surface area contributed by atoms with E-state index in [1.54, 1.807) is 30.7 Å². The molecule has 0 saturated carbocycles. The van der Waals surface area contributed by atoms with E-state index in [0.29, 0.717) is 17.7 Å². The van der Waals surface area contributed by atoms with Crippen LogP contribution in [-0.2, 0) is 6.42 Å². The van der Waals surface area contributed by atoms with Gasteiger partial charge in [-0.2, -0.15) is 0 Å². The van der Waals surface area contributed by atoms with E-state index in [4.69, 9.17) is 0 Å². The van der Waals surface area contributed by atoms with E-state index in [1.807, 2.05) is 24.8 Å². The molecule has 0 aliphatic carbocycles. The van der Waals surface area contributed by atoms with Crippen molar-refractivity contribution in [3.8, 4) is 0 Å². The van der Waals surface area contributed by atoms with Gasteiger partial charge in [-0.25, -0.2) is 4.79 Å². The fraction of sp³-hybridized carbons (Fsp3) is 0.400. The van der Waals surface area contributed by atoms with Crippen LogP contribution in [-0.4, -0.2) is 45.9 Å². The first-order valence-electron chi connectivity index (χ1n) is 9.25. The minimum absolute atomic E-state index is 0.0594. The lowest BCUT2D eigenvalue weighted by molar-refractivity contribution is 0.0792. The second-order valence-corrected chi connectivity index (χ2v) is 6.93. The number of urea groups is 1. The zero-order chi connectivity index (χ0) is 19.2. The van der Waals surface area contributed by atoms with Gasteiger partial charge in [-0.15, -0.1) is 0 Å². The lowest BCUT2D eigenvalue weighted by Crippen LogP contribution is -2.37. The van der Waals surface area contributed by atoms with E-state index in [1.165, 1.54) is 0 Å². The second-order valence-electron chi connectivity index (χ2n) is 6.93. The third-order valence-electron chi connectivity index (χ3n) is 4.62. The lowest BCUT2D eigenvalue weighted by atomic mass is 10.1. The van der Waals surface area contributed by atoms with Crippen LogP contribution in [0.4, 0.5) is 10.5 Å². The number of rotatable bonds is 5. The first-order valence-corrected chi connectivity index (χ1v) is 9.25. The smallest absolute Gasteiger partial charge is 0.319 e. The summed E-state index contributed by atoms with van der Waals surface area (Å²) in [4.78, 5) is 34.8. The van der Waals surface area contributed by atoms with Crippen molar-refractivity contribution in [3.63, 3.8) is 0 Å². The molecule has 7 heteroatoms. The number of nitrogens with zero attached hydrogens (tertiary/aromatic N) is 3. The number of carbonyl (C=O) groups is 2. The van der Waals surface area contributed by atoms with Crippen LogP contribution in [0.1, 0.15) is 41.4 Å². The van der Waals surface area contributed by atoms with Gasteiger partial charge < -0.3 is 15.5 Å². The van der Waals surface area contributed by atoms with Gasteiger partial charge in [0, 0.05) is 55.4 Å². The van der Waals surface area contributed by atoms with E-state index < -0.39 is 0 Å². The van der Waals surface area contributed by atoms with Crippen LogP contribution in [0.15, 0.2) is 36.8 Å². The minimum Gasteiger partial charge on any atom is -0.339 e. The lowest BCUT2D eigenvalue weighted by Gasteiger charge is -2.17. The van der Waals surface area contributed by atoms with Gasteiger partial charge in [0.15, 0.2) is 0 Å². The molecule has 1 aromatic carbocycles. The van der Waals surface area contributed by atoms with E-state index >= 15 is 0 Å². The SMILES string of the molecule is Cc1cc(C(=O)N2CCCC2)ccc1NC(=O)NC(C)Cc1cnccn1. The van der Waals surface area contributed by atoms with Crippen molar-refractivity contribution in [2.24, 2.45) is 0 Å². The summed E-state index contributed by atoms with van der Waals surface area (Å²) in [5.41, 5.74) is 3.04. The summed E-state index contributed by atoms with van der Waals surface area (Å²) in [7, 11) is 0. The molecular formula is C20H25N5O2. The van der Waals surface area contributed by atoms with Crippen LogP contribution in [0, 0.1) is 6.92 Å². The molecule has 1 aliphatic heterocycles. The third-order valence-corrected chi connectivity index (χ3v) is 4.62. The van der Waals surface area contributed by atoms with Gasteiger partial charge in [-0.05, 0) is 50.5 Å². The van der Waals surface area contributed by atoms with Gasteiger partial charge in [-0.1, -0.05) is 0 Å². The average molecular weight is 367 g/mol. The van der Waals surface area contributed by atoms with Crippen molar-refractivity contribution < 1.29 is 9.59 Å². The molecule has 27 heavy (non-hydrogen) atoms. The summed E-state index contributed by atoms with van der Waals surface area (Å²) >= 11 is 0. The van der Waals surface area contributed by atoms with Crippen molar-refractivity contribution in [1.82, 2.24) is 20.2 Å². The predicted octanol–water partition coefficient (Wildman–Crippen LogP) is 2.77. The first-order chi connectivity index (χ1) is 13.0. The van der Waals surface area contributed by atoms with Gasteiger partial charge in [0.2, 0.25) is 0 Å². The van der Waals surface area contributed by atoms with Crippen LogP contribution in [0.2, 0.25) is 0 Å². The summed E-state index contributed by atoms with van der Waals surface area (Å²) < 4.78 is 0. The maximum absolute atomic E-state index is 12.5. The number of aryl methyl sites for hydroxylation is 1. The van der Waals surface area contributed by atoms with Crippen LogP contribution in [0.3, 0.4) is 0 Å². The van der Waals surface area contributed by atoms with Crippen LogP contribution < -0.4 is 10.6 Å². The Balaban J connectivity index is 1.56. The molecule has 1 aromatic heterocycles. The highest BCUT2D eigenvalue weighted by Crippen LogP contribution is 2.19. The monoisotopic (exact) mass is 367 g/mol. The Labute approximate surface area is 159 Å². The molecule has 3 rings (SSSR count). The third kappa shape index (κ3) is 5.03. The molecule has 0 bridgehead atoms. The second kappa shape index (κ2) is 8.62. The Hall–Kier alpha value is -2.96. The van der Waals surface area contributed by atoms with Gasteiger partial charge in [0.1, 0.15) is 0 Å². The molecule has 2 heterocycles. The average Bonchev–Trinajstić information content (AvgIpc) is 3.18. The number of hydrogen-bond acceptors (Lipinski definition) is 4. The topological polar surface area (TPSA) is 87.2 Å². The van der Waals surface area contributed by atoms with E-state index in [-0.39, 0.29) is 18.0 Å². The molecule has 0 radical (unpaired) electrons. The van der Waals surface area contributed by atoms with Crippen molar-refractivity contribution >= 4 is 17.6 Å². The van der Waals surface area contributed by atoms with Crippen LogP contribution in [0.25, 0.3) is 0 Å². The molecule has 7 nitrogen and oxygen atoms in total. The Morgan fingerprint density at radius 1 is 1.22 bits per heavy atom. The molecule has 142 valence electrons. The molecule has 1 atom stereocenters. The summed E-state index contributed by atoms with van der Waals surface area (Å²) in [5, 5.41) is 5.74. The maximum Gasteiger partial charge on any atom is 0.319 e. The molecule has 2 aromatic rings. The van der Waals surface area contributed by atoms with Crippen molar-refractivity contribution in [1.29, 1.82) is 0 Å². The molecule has 1 saturated heterocycles. The molecule has 1 unspecified atom stereocenters. The fourth-order valence-electron chi connectivity index (χ4n) is 3.22. The number of hydrogen-bond donors (Lipinski definition) is 2. The van der Waals surface area contributed by atoms with Crippen molar-refractivity contribution in [2.45, 2.75) is 39.2 Å². The van der Waals surface area contributed by atoms with Crippen molar-refractivity contribution in [2.75, 3.05) is 18.4 Å². The van der Waals surface area contributed by atoms with Crippen LogP contribution >= 0.6 is 0 Å². The number of carbonyl (C=O) groups excluding carboxylic acids is 2. The molecule has 1 aliphatic rings. The highest BCUT2D eigenvalue weighted by Gasteiger charge is 2.20. The van der Waals surface area contributed by atoms with E-state index in [9.17, 15) is 9.59 Å². The standard InChI is InChI=1S/C20H25N5O2/c1-14-11-16(19(26)25-9-3-4-10-25)5-6-18(14)24-20(27)23-15(2)12-17-13-21-7-8-22-17/h5-8,11,13,15H,3-4,9-10,12H2,1-2H3,(H2,23,24,27). The number of likely N-dealkylation sites (tertiary alicyclic amines) is 1. The van der Waals surface area contributed by atoms with Gasteiger partial charge >= 0.3 is 6.03 Å². The molecular weight excluding hydrogens is 342 g/mol. The Morgan fingerprint density at radius 3 is 2.67 bits per heavy atom. The highest BCUT2D eigenvalue weighted by molar-refractivity contribution is 5.96. The predicted molar refractivity (Wildman–Crippen MR) is 104 cm³/mol. The van der Waals surface area contributed by atoms with Crippen molar-refractivity contribution in [3.05, 3.63) is 53.6 Å². The zero-order valence-corrected chi connectivity index (χ0v) is 15.7. The maximum atomic E-state index is 12.5. The quantitative estimate of drug-likeness (QED) is 0.851. The van der Waals surface area contributed by atoms with Gasteiger partial charge in [-0.3, -0.25) is 14.8 Å². The summed E-state index contributed by atoms with van der Waals surface area (Å²) in [5.74, 6) is 0.0594. The molecule has 2 N–H and O–H groups in total. The molecule has 1 fully saturated rings.